The van der Waals surface area contributed by atoms with E-state index in [1.165, 1.54) is 23.1 Å². The summed E-state index contributed by atoms with van der Waals surface area (Å²) in [6.07, 6.45) is 2.09. The van der Waals surface area contributed by atoms with Gasteiger partial charge in [0.2, 0.25) is 5.91 Å². The van der Waals surface area contributed by atoms with Crippen LogP contribution < -0.4 is 5.48 Å². The number of benzene rings is 3. The lowest BCUT2D eigenvalue weighted by Gasteiger charge is -2.09. The van der Waals surface area contributed by atoms with Gasteiger partial charge in [0.1, 0.15) is 5.82 Å². The first kappa shape index (κ1) is 18.1. The van der Waals surface area contributed by atoms with E-state index in [1.54, 1.807) is 11.5 Å². The summed E-state index contributed by atoms with van der Waals surface area (Å²) in [5.74, 6) is -0.873. The van der Waals surface area contributed by atoms with Crippen LogP contribution in [0.1, 0.15) is 35.6 Å². The van der Waals surface area contributed by atoms with Gasteiger partial charge >= 0.3 is 0 Å². The Morgan fingerprint density at radius 1 is 1.04 bits per heavy atom. The number of hydrogen-bond acceptors (Lipinski definition) is 2. The van der Waals surface area contributed by atoms with Crippen molar-refractivity contribution < 1.29 is 14.4 Å². The quantitative estimate of drug-likeness (QED) is 0.470. The van der Waals surface area contributed by atoms with E-state index in [0.717, 1.165) is 33.2 Å². The molecule has 0 radical (unpaired) electrons. The number of hydroxylamine groups is 1. The highest BCUT2D eigenvalue weighted by Crippen LogP contribution is 2.44. The fourth-order valence-electron chi connectivity index (χ4n) is 3.94. The molecule has 1 aliphatic rings. The van der Waals surface area contributed by atoms with Gasteiger partial charge in [-0.2, -0.15) is 0 Å². The van der Waals surface area contributed by atoms with Gasteiger partial charge in [0.25, 0.3) is 0 Å². The highest BCUT2D eigenvalue weighted by molar-refractivity contribution is 6.10. The normalized spacial score (nSPS) is 14.6. The maximum atomic E-state index is 13.9. The maximum Gasteiger partial charge on any atom is 0.247 e. The first-order chi connectivity index (χ1) is 13.5. The number of hydrogen-bond donors (Lipinski definition) is 2. The maximum absolute atomic E-state index is 13.9. The molecule has 0 saturated carbocycles. The lowest BCUT2D eigenvalue weighted by molar-refractivity contribution is -0.128. The molecule has 0 heterocycles. The van der Waals surface area contributed by atoms with Crippen molar-refractivity contribution in [2.75, 3.05) is 0 Å². The zero-order chi connectivity index (χ0) is 19.8. The summed E-state index contributed by atoms with van der Waals surface area (Å²) < 4.78 is 13.9. The number of aryl methyl sites for hydroxylation is 1. The Bertz CT molecular complexity index is 1170. The largest absolute Gasteiger partial charge is 0.289 e. The number of rotatable bonds is 3. The molecule has 0 aromatic heterocycles. The van der Waals surface area contributed by atoms with Crippen molar-refractivity contribution in [3.05, 3.63) is 88.2 Å². The molecule has 0 atom stereocenters. The molecule has 3 nitrogen and oxygen atoms in total. The van der Waals surface area contributed by atoms with Crippen LogP contribution in [-0.4, -0.2) is 11.1 Å². The molecular weight excluding hydrogens is 353 g/mol. The Hall–Kier alpha value is -3.24. The Labute approximate surface area is 162 Å². The second-order valence-electron chi connectivity index (χ2n) is 7.08. The van der Waals surface area contributed by atoms with Gasteiger partial charge in [-0.3, -0.25) is 10.0 Å². The molecule has 0 bridgehead atoms. The van der Waals surface area contributed by atoms with Crippen LogP contribution in [0, 0.1) is 12.7 Å². The van der Waals surface area contributed by atoms with Gasteiger partial charge in [0, 0.05) is 0 Å². The monoisotopic (exact) mass is 373 g/mol. The van der Waals surface area contributed by atoms with Crippen molar-refractivity contribution in [2.24, 2.45) is 0 Å². The van der Waals surface area contributed by atoms with Crippen LogP contribution >= 0.6 is 0 Å². The molecule has 0 aliphatic heterocycles. The average molecular weight is 373 g/mol. The minimum absolute atomic E-state index is 0.00915. The molecule has 0 spiro atoms. The number of amides is 1. The lowest BCUT2D eigenvalue weighted by Crippen LogP contribution is -2.18. The van der Waals surface area contributed by atoms with E-state index in [2.05, 4.69) is 37.3 Å². The molecule has 4 heteroatoms. The molecule has 0 unspecified atom stereocenters. The fourth-order valence-corrected chi connectivity index (χ4v) is 3.94. The van der Waals surface area contributed by atoms with Crippen LogP contribution in [-0.2, 0) is 4.79 Å². The molecule has 4 rings (SSSR count). The summed E-state index contributed by atoms with van der Waals surface area (Å²) >= 11 is 0. The van der Waals surface area contributed by atoms with Crippen molar-refractivity contribution in [2.45, 2.75) is 20.3 Å². The van der Waals surface area contributed by atoms with Gasteiger partial charge in [-0.15, -0.1) is 0 Å². The second kappa shape index (κ2) is 7.06. The summed E-state index contributed by atoms with van der Waals surface area (Å²) in [4.78, 5) is 11.8. The van der Waals surface area contributed by atoms with Gasteiger partial charge in [-0.05, 0) is 81.8 Å². The van der Waals surface area contributed by atoms with E-state index in [9.17, 15) is 9.18 Å². The average Bonchev–Trinajstić information content (AvgIpc) is 2.95. The second-order valence-corrected chi connectivity index (χ2v) is 7.08. The minimum atomic E-state index is -0.522. The predicted octanol–water partition coefficient (Wildman–Crippen LogP) is 5.51. The van der Waals surface area contributed by atoms with Crippen LogP contribution in [0.5, 0.6) is 0 Å². The van der Waals surface area contributed by atoms with E-state index in [0.29, 0.717) is 5.56 Å². The van der Waals surface area contributed by atoms with Crippen LogP contribution in [0.4, 0.5) is 4.39 Å². The summed E-state index contributed by atoms with van der Waals surface area (Å²) in [6.45, 7) is 4.02. The molecular formula is C24H20FNO2. The fraction of sp³-hybridized carbons (Fsp3) is 0.125. The van der Waals surface area contributed by atoms with Crippen molar-refractivity contribution in [3.63, 3.8) is 0 Å². The molecule has 140 valence electrons. The highest BCUT2D eigenvalue weighted by Gasteiger charge is 2.25. The third-order valence-corrected chi connectivity index (χ3v) is 5.39. The van der Waals surface area contributed by atoms with Crippen molar-refractivity contribution in [3.8, 4) is 0 Å². The van der Waals surface area contributed by atoms with Crippen molar-refractivity contribution in [1.29, 1.82) is 0 Å². The SMILES string of the molecule is CC1=C(CC(=O)NO)c2cc(F)ccc2/C1=C\c1ccc(C)c2ccccc12. The summed E-state index contributed by atoms with van der Waals surface area (Å²) in [5, 5.41) is 11.3. The van der Waals surface area contributed by atoms with Crippen molar-refractivity contribution in [1.82, 2.24) is 5.48 Å². The third-order valence-electron chi connectivity index (χ3n) is 5.39. The topological polar surface area (TPSA) is 49.3 Å². The van der Waals surface area contributed by atoms with E-state index < -0.39 is 5.91 Å². The van der Waals surface area contributed by atoms with E-state index in [1.807, 2.05) is 19.1 Å². The first-order valence-electron chi connectivity index (χ1n) is 9.13. The zero-order valence-electron chi connectivity index (χ0n) is 15.7. The predicted molar refractivity (Wildman–Crippen MR) is 110 cm³/mol. The number of carbonyl (C=O) groups is 1. The standard InChI is InChI=1S/C24H20FNO2/c1-14-7-8-16(19-6-4-3-5-18(14)19)11-21-15(2)22(13-24(27)26-28)23-12-17(25)9-10-20(21)23/h3-12,28H,13H2,1-2H3,(H,26,27)/b21-11-. The molecule has 0 saturated heterocycles. The zero-order valence-corrected chi connectivity index (χ0v) is 15.7. The Morgan fingerprint density at radius 2 is 1.79 bits per heavy atom. The van der Waals surface area contributed by atoms with Crippen LogP contribution in [0.15, 0.2) is 60.2 Å². The first-order valence-corrected chi connectivity index (χ1v) is 9.13. The van der Waals surface area contributed by atoms with Crippen LogP contribution in [0.25, 0.3) is 28.0 Å². The van der Waals surface area contributed by atoms with Gasteiger partial charge < -0.3 is 0 Å². The summed E-state index contributed by atoms with van der Waals surface area (Å²) in [6, 6.07) is 17.0. The van der Waals surface area contributed by atoms with Gasteiger partial charge in [-0.1, -0.05) is 42.5 Å². The molecule has 3 aromatic carbocycles. The molecule has 0 fully saturated rings. The Balaban J connectivity index is 1.93. The number of halogens is 1. The van der Waals surface area contributed by atoms with Gasteiger partial charge in [0.05, 0.1) is 6.42 Å². The number of nitrogens with one attached hydrogen (secondary N) is 1. The molecule has 3 aromatic rings. The van der Waals surface area contributed by atoms with Gasteiger partial charge in [0.15, 0.2) is 0 Å². The lowest BCUT2D eigenvalue weighted by atomic mass is 9.96. The molecule has 2 N–H and O–H groups in total. The van der Waals surface area contributed by atoms with E-state index in [-0.39, 0.29) is 12.2 Å². The number of fused-ring (bicyclic) bond motifs is 2. The van der Waals surface area contributed by atoms with Crippen LogP contribution in [0.3, 0.4) is 0 Å². The highest BCUT2D eigenvalue weighted by atomic mass is 19.1. The Kier molecular flexibility index (Phi) is 4.57. The minimum Gasteiger partial charge on any atom is -0.289 e. The summed E-state index contributed by atoms with van der Waals surface area (Å²) in [7, 11) is 0. The molecule has 1 aliphatic carbocycles. The third kappa shape index (κ3) is 3.02. The molecule has 1 amide bonds. The Morgan fingerprint density at radius 3 is 2.54 bits per heavy atom. The smallest absolute Gasteiger partial charge is 0.247 e. The van der Waals surface area contributed by atoms with Crippen LogP contribution in [0.2, 0.25) is 0 Å². The molecule has 28 heavy (non-hydrogen) atoms. The van der Waals surface area contributed by atoms with E-state index in [4.69, 9.17) is 5.21 Å². The van der Waals surface area contributed by atoms with E-state index >= 15 is 0 Å². The number of allylic oxidation sites excluding steroid dienone is 2. The van der Waals surface area contributed by atoms with Crippen molar-refractivity contribution >= 4 is 33.9 Å². The number of carbonyl (C=O) groups excluding carboxylic acids is 1. The van der Waals surface area contributed by atoms with Gasteiger partial charge in [-0.25, -0.2) is 9.87 Å². The summed E-state index contributed by atoms with van der Waals surface area (Å²) in [5.41, 5.74) is 8.13.